The highest BCUT2D eigenvalue weighted by Gasteiger charge is 2.15. The van der Waals surface area contributed by atoms with Crippen molar-refractivity contribution in [1.82, 2.24) is 5.32 Å². The Morgan fingerprint density at radius 2 is 1.44 bits per heavy atom. The highest BCUT2D eigenvalue weighted by molar-refractivity contribution is 6.32. The first-order valence-electron chi connectivity index (χ1n) is 9.35. The van der Waals surface area contributed by atoms with E-state index in [0.717, 1.165) is 18.5 Å². The van der Waals surface area contributed by atoms with Gasteiger partial charge in [0.05, 0.1) is 12.1 Å². The van der Waals surface area contributed by atoms with Gasteiger partial charge in [-0.05, 0) is 48.7 Å². The van der Waals surface area contributed by atoms with Crippen LogP contribution in [0.5, 0.6) is 5.75 Å². The van der Waals surface area contributed by atoms with E-state index in [-0.39, 0.29) is 6.04 Å². The number of hydrogen-bond donors (Lipinski definition) is 1. The molecule has 0 aliphatic heterocycles. The fraction of sp³-hybridized carbons (Fsp3) is 0.250. The van der Waals surface area contributed by atoms with Crippen LogP contribution in [0.15, 0.2) is 78.9 Å². The van der Waals surface area contributed by atoms with Gasteiger partial charge in [0.15, 0.2) is 0 Å². The van der Waals surface area contributed by atoms with Gasteiger partial charge in [-0.15, -0.1) is 0 Å². The molecule has 0 saturated heterocycles. The lowest BCUT2D eigenvalue weighted by Gasteiger charge is -2.21. The molecule has 0 radical (unpaired) electrons. The molecular formula is C24H26ClNO. The molecule has 0 amide bonds. The predicted octanol–water partition coefficient (Wildman–Crippen LogP) is 6.22. The van der Waals surface area contributed by atoms with Gasteiger partial charge >= 0.3 is 0 Å². The molecule has 1 atom stereocenters. The minimum absolute atomic E-state index is 0.223. The Hall–Kier alpha value is -2.29. The van der Waals surface area contributed by atoms with Gasteiger partial charge in [0, 0.05) is 12.0 Å². The van der Waals surface area contributed by atoms with E-state index in [2.05, 4.69) is 79.0 Å². The van der Waals surface area contributed by atoms with E-state index in [9.17, 15) is 0 Å². The lowest BCUT2D eigenvalue weighted by Crippen LogP contribution is -2.22. The first-order valence-corrected chi connectivity index (χ1v) is 9.73. The summed E-state index contributed by atoms with van der Waals surface area (Å²) in [5.74, 6) is 1.09. The molecule has 3 aromatic rings. The summed E-state index contributed by atoms with van der Waals surface area (Å²) in [5, 5.41) is 4.28. The van der Waals surface area contributed by atoms with Crippen molar-refractivity contribution in [2.45, 2.75) is 25.3 Å². The Bertz CT molecular complexity index is 796. The number of halogens is 1. The molecule has 0 saturated carbocycles. The third-order valence-corrected chi connectivity index (χ3v) is 5.26. The Labute approximate surface area is 167 Å². The van der Waals surface area contributed by atoms with Crippen LogP contribution in [-0.2, 0) is 0 Å². The molecule has 0 bridgehead atoms. The Balaban J connectivity index is 1.66. The third-order valence-electron chi connectivity index (χ3n) is 4.96. The summed E-state index contributed by atoms with van der Waals surface area (Å²) in [6, 6.07) is 27.6. The second kappa shape index (κ2) is 9.59. The summed E-state index contributed by atoms with van der Waals surface area (Å²) >= 11 is 6.27. The van der Waals surface area contributed by atoms with Crippen molar-refractivity contribution in [2.24, 2.45) is 0 Å². The van der Waals surface area contributed by atoms with Crippen LogP contribution in [0.3, 0.4) is 0 Å². The molecule has 1 N–H and O–H groups in total. The van der Waals surface area contributed by atoms with Crippen LogP contribution in [0.25, 0.3) is 0 Å². The molecule has 3 rings (SSSR count). The zero-order chi connectivity index (χ0) is 19.1. The highest BCUT2D eigenvalue weighted by Crippen LogP contribution is 2.29. The Kier molecular flexibility index (Phi) is 6.92. The second-order valence-corrected chi connectivity index (χ2v) is 7.14. The average Bonchev–Trinajstić information content (AvgIpc) is 2.72. The molecule has 0 heterocycles. The van der Waals surface area contributed by atoms with Crippen molar-refractivity contribution in [2.75, 3.05) is 13.7 Å². The molecule has 0 aromatic heterocycles. The monoisotopic (exact) mass is 378 g/mol. The van der Waals surface area contributed by atoms with E-state index < -0.39 is 0 Å². The number of ether oxygens (including phenoxy) is 1. The van der Waals surface area contributed by atoms with Gasteiger partial charge in [0.25, 0.3) is 0 Å². The maximum Gasteiger partial charge on any atom is 0.137 e. The van der Waals surface area contributed by atoms with Crippen LogP contribution in [0.1, 0.15) is 42.0 Å². The largest absolute Gasteiger partial charge is 0.495 e. The van der Waals surface area contributed by atoms with E-state index in [1.165, 1.54) is 11.1 Å². The maximum atomic E-state index is 6.27. The van der Waals surface area contributed by atoms with Crippen molar-refractivity contribution < 1.29 is 4.74 Å². The van der Waals surface area contributed by atoms with Crippen LogP contribution < -0.4 is 10.1 Å². The summed E-state index contributed by atoms with van der Waals surface area (Å²) in [5.41, 5.74) is 3.87. The summed E-state index contributed by atoms with van der Waals surface area (Å²) in [6.45, 7) is 3.08. The zero-order valence-electron chi connectivity index (χ0n) is 15.9. The maximum absolute atomic E-state index is 6.27. The first kappa shape index (κ1) is 19.5. The predicted molar refractivity (Wildman–Crippen MR) is 114 cm³/mol. The zero-order valence-corrected chi connectivity index (χ0v) is 16.6. The lowest BCUT2D eigenvalue weighted by atomic mass is 9.88. The second-order valence-electron chi connectivity index (χ2n) is 6.73. The molecule has 140 valence electrons. The Morgan fingerprint density at radius 3 is 1.96 bits per heavy atom. The highest BCUT2D eigenvalue weighted by atomic mass is 35.5. The summed E-state index contributed by atoms with van der Waals surface area (Å²) in [6.07, 6.45) is 1.03. The molecule has 0 aliphatic rings. The molecule has 0 fully saturated rings. The molecular weight excluding hydrogens is 353 g/mol. The number of benzene rings is 3. The smallest absolute Gasteiger partial charge is 0.137 e. The lowest BCUT2D eigenvalue weighted by molar-refractivity contribution is 0.414. The van der Waals surface area contributed by atoms with Crippen molar-refractivity contribution in [1.29, 1.82) is 0 Å². The summed E-state index contributed by atoms with van der Waals surface area (Å²) < 4.78 is 5.24. The van der Waals surface area contributed by atoms with Gasteiger partial charge in [0.1, 0.15) is 5.75 Å². The van der Waals surface area contributed by atoms with Gasteiger partial charge in [-0.3, -0.25) is 0 Å². The SMILES string of the molecule is CC(NCCC(c1ccccc1)c1ccccc1)c1ccc(O[11CH3])c(Cl)c1. The molecule has 1 unspecified atom stereocenters. The number of hydrogen-bond acceptors (Lipinski definition) is 2. The molecule has 0 aliphatic carbocycles. The number of rotatable bonds is 8. The standard InChI is InChI=1S/C24H26ClNO/c1-18(21-13-14-24(27-2)23(25)17-21)26-16-15-22(19-9-5-3-6-10-19)20-11-7-4-8-12-20/h3-14,17-18,22,26H,15-16H2,1-2H3/i2-1. The Morgan fingerprint density at radius 1 is 0.852 bits per heavy atom. The average molecular weight is 379 g/mol. The van der Waals surface area contributed by atoms with Gasteiger partial charge in [0.2, 0.25) is 0 Å². The van der Waals surface area contributed by atoms with Gasteiger partial charge in [-0.2, -0.15) is 0 Å². The van der Waals surface area contributed by atoms with Crippen LogP contribution in [0.4, 0.5) is 0 Å². The molecule has 0 spiro atoms. The number of nitrogens with one attached hydrogen (secondary N) is 1. The topological polar surface area (TPSA) is 21.3 Å². The van der Waals surface area contributed by atoms with E-state index in [4.69, 9.17) is 16.3 Å². The summed E-state index contributed by atoms with van der Waals surface area (Å²) in [7, 11) is 1.63. The van der Waals surface area contributed by atoms with Crippen LogP contribution in [-0.4, -0.2) is 13.7 Å². The van der Waals surface area contributed by atoms with E-state index in [0.29, 0.717) is 16.7 Å². The van der Waals surface area contributed by atoms with Gasteiger partial charge in [-0.25, -0.2) is 0 Å². The van der Waals surface area contributed by atoms with Crippen LogP contribution in [0.2, 0.25) is 5.02 Å². The molecule has 3 heteroatoms. The normalized spacial score (nSPS) is 12.1. The van der Waals surface area contributed by atoms with Crippen molar-refractivity contribution in [3.05, 3.63) is 101 Å². The minimum atomic E-state index is 0.223. The van der Waals surface area contributed by atoms with E-state index in [1.807, 2.05) is 12.1 Å². The number of methoxy groups -OCH3 is 1. The van der Waals surface area contributed by atoms with Crippen molar-refractivity contribution in [3.63, 3.8) is 0 Å². The first-order chi connectivity index (χ1) is 13.2. The molecule has 27 heavy (non-hydrogen) atoms. The fourth-order valence-corrected chi connectivity index (χ4v) is 3.68. The van der Waals surface area contributed by atoms with Gasteiger partial charge in [-0.1, -0.05) is 78.3 Å². The van der Waals surface area contributed by atoms with Crippen LogP contribution in [0, 0.1) is 0 Å². The minimum Gasteiger partial charge on any atom is -0.495 e. The molecule has 3 aromatic carbocycles. The summed E-state index contributed by atoms with van der Waals surface area (Å²) in [4.78, 5) is 0. The van der Waals surface area contributed by atoms with E-state index in [1.54, 1.807) is 7.11 Å². The van der Waals surface area contributed by atoms with Crippen molar-refractivity contribution in [3.8, 4) is 5.75 Å². The molecule has 2 nitrogen and oxygen atoms in total. The quantitative estimate of drug-likeness (QED) is 0.502. The van der Waals surface area contributed by atoms with Gasteiger partial charge < -0.3 is 10.1 Å². The van der Waals surface area contributed by atoms with Crippen LogP contribution >= 0.6 is 11.6 Å². The van der Waals surface area contributed by atoms with Crippen molar-refractivity contribution >= 4 is 11.6 Å². The van der Waals surface area contributed by atoms with E-state index >= 15 is 0 Å². The third kappa shape index (κ3) is 5.12. The fourth-order valence-electron chi connectivity index (χ4n) is 3.41.